The van der Waals surface area contributed by atoms with Crippen LogP contribution in [-0.4, -0.2) is 54.0 Å². The van der Waals surface area contributed by atoms with Crippen LogP contribution in [0.15, 0.2) is 60.7 Å². The lowest BCUT2D eigenvalue weighted by Crippen LogP contribution is -2.44. The third-order valence-corrected chi connectivity index (χ3v) is 7.66. The summed E-state index contributed by atoms with van der Waals surface area (Å²) >= 11 is 1.44. The van der Waals surface area contributed by atoms with E-state index in [1.54, 1.807) is 0 Å². The second kappa shape index (κ2) is 10.5. The number of benzene rings is 2. The van der Waals surface area contributed by atoms with E-state index in [9.17, 15) is 9.59 Å². The highest BCUT2D eigenvalue weighted by Gasteiger charge is 2.31. The zero-order chi connectivity index (χ0) is 23.3. The predicted octanol–water partition coefficient (Wildman–Crippen LogP) is 4.62. The minimum absolute atomic E-state index is 0.00301. The average Bonchev–Trinajstić information content (AvgIpc) is 3.58. The first kappa shape index (κ1) is 22.7. The van der Waals surface area contributed by atoms with Gasteiger partial charge in [0.15, 0.2) is 0 Å². The maximum Gasteiger partial charge on any atom is 0.266 e. The van der Waals surface area contributed by atoms with Gasteiger partial charge in [-0.05, 0) is 25.7 Å². The van der Waals surface area contributed by atoms with Gasteiger partial charge in [-0.25, -0.2) is 4.98 Å². The molecule has 3 heterocycles. The maximum absolute atomic E-state index is 13.6. The number of amides is 2. The van der Waals surface area contributed by atoms with Gasteiger partial charge in [-0.1, -0.05) is 60.7 Å². The van der Waals surface area contributed by atoms with E-state index in [1.165, 1.54) is 11.3 Å². The van der Waals surface area contributed by atoms with Gasteiger partial charge in [0.25, 0.3) is 5.91 Å². The molecule has 0 bridgehead atoms. The van der Waals surface area contributed by atoms with Crippen molar-refractivity contribution in [1.29, 1.82) is 0 Å². The Morgan fingerprint density at radius 2 is 1.65 bits per heavy atom. The van der Waals surface area contributed by atoms with Crippen molar-refractivity contribution in [1.82, 2.24) is 15.2 Å². The van der Waals surface area contributed by atoms with Gasteiger partial charge >= 0.3 is 0 Å². The van der Waals surface area contributed by atoms with Crippen LogP contribution in [0.25, 0.3) is 21.8 Å². The monoisotopic (exact) mass is 475 g/mol. The van der Waals surface area contributed by atoms with Gasteiger partial charge in [0, 0.05) is 43.3 Å². The molecule has 1 atom stereocenters. The maximum atomic E-state index is 13.6. The molecule has 1 aromatic heterocycles. The van der Waals surface area contributed by atoms with Crippen molar-refractivity contribution in [2.45, 2.75) is 31.8 Å². The highest BCUT2D eigenvalue weighted by atomic mass is 32.1. The van der Waals surface area contributed by atoms with Crippen LogP contribution in [0.1, 0.15) is 35.4 Å². The fraction of sp³-hybridized carbons (Fsp3) is 0.370. The summed E-state index contributed by atoms with van der Waals surface area (Å²) < 4.78 is 5.60. The molecule has 0 spiro atoms. The summed E-state index contributed by atoms with van der Waals surface area (Å²) in [6, 6.07) is 19.8. The zero-order valence-corrected chi connectivity index (χ0v) is 19.9. The first-order valence-corrected chi connectivity index (χ1v) is 12.8. The fourth-order valence-corrected chi connectivity index (χ4v) is 5.67. The van der Waals surface area contributed by atoms with E-state index in [-0.39, 0.29) is 23.8 Å². The molecule has 2 aromatic carbocycles. The second-order valence-electron chi connectivity index (χ2n) is 8.88. The molecule has 0 unspecified atom stereocenters. The molecular weight excluding hydrogens is 446 g/mol. The molecule has 6 nitrogen and oxygen atoms in total. The number of hydrogen-bond donors (Lipinski definition) is 1. The largest absolute Gasteiger partial charge is 0.376 e. The predicted molar refractivity (Wildman–Crippen MR) is 134 cm³/mol. The summed E-state index contributed by atoms with van der Waals surface area (Å²) in [6.07, 6.45) is 3.57. The van der Waals surface area contributed by atoms with E-state index in [1.807, 2.05) is 65.6 Å². The zero-order valence-electron chi connectivity index (χ0n) is 19.1. The van der Waals surface area contributed by atoms with Crippen molar-refractivity contribution >= 4 is 23.2 Å². The summed E-state index contributed by atoms with van der Waals surface area (Å²) in [5.41, 5.74) is 2.67. The molecule has 2 saturated heterocycles. The van der Waals surface area contributed by atoms with E-state index in [4.69, 9.17) is 9.72 Å². The smallest absolute Gasteiger partial charge is 0.266 e. The van der Waals surface area contributed by atoms with Crippen LogP contribution >= 0.6 is 11.3 Å². The van der Waals surface area contributed by atoms with Crippen LogP contribution in [0, 0.1) is 5.92 Å². The number of piperidine rings is 1. The van der Waals surface area contributed by atoms with Crippen molar-refractivity contribution in [3.8, 4) is 21.8 Å². The van der Waals surface area contributed by atoms with Crippen molar-refractivity contribution in [2.75, 3.05) is 26.2 Å². The van der Waals surface area contributed by atoms with Crippen molar-refractivity contribution in [3.05, 3.63) is 65.5 Å². The SMILES string of the molecule is O=C(NC[C@H]1CCCO1)C1CCN(C(=O)c2sc(-c3ccccc3)nc2-c2ccccc2)CC1. The molecule has 2 fully saturated rings. The minimum atomic E-state index is -0.0552. The van der Waals surface area contributed by atoms with Crippen LogP contribution in [0.2, 0.25) is 0 Å². The Kier molecular flexibility index (Phi) is 7.02. The molecule has 34 heavy (non-hydrogen) atoms. The van der Waals surface area contributed by atoms with Gasteiger partial charge in [0.1, 0.15) is 9.88 Å². The quantitative estimate of drug-likeness (QED) is 0.565. The lowest BCUT2D eigenvalue weighted by Gasteiger charge is -2.31. The van der Waals surface area contributed by atoms with Crippen LogP contribution < -0.4 is 5.32 Å². The van der Waals surface area contributed by atoms with Crippen LogP contribution in [0.4, 0.5) is 0 Å². The van der Waals surface area contributed by atoms with Gasteiger partial charge in [-0.3, -0.25) is 9.59 Å². The Hall–Kier alpha value is -3.03. The number of carbonyl (C=O) groups is 2. The summed E-state index contributed by atoms with van der Waals surface area (Å²) in [6.45, 7) is 2.52. The van der Waals surface area contributed by atoms with Gasteiger partial charge in [0.2, 0.25) is 5.91 Å². The molecule has 5 rings (SSSR count). The highest BCUT2D eigenvalue weighted by molar-refractivity contribution is 7.17. The number of ether oxygens (including phenoxy) is 1. The lowest BCUT2D eigenvalue weighted by molar-refractivity contribution is -0.126. The first-order valence-electron chi connectivity index (χ1n) is 12.0. The highest BCUT2D eigenvalue weighted by Crippen LogP contribution is 2.35. The summed E-state index contributed by atoms with van der Waals surface area (Å²) in [4.78, 5) is 33.6. The normalized spacial score (nSPS) is 18.7. The number of thiazole rings is 1. The molecule has 176 valence electrons. The Morgan fingerprint density at radius 1 is 0.971 bits per heavy atom. The number of likely N-dealkylation sites (tertiary alicyclic amines) is 1. The van der Waals surface area contributed by atoms with Crippen LogP contribution in [0.3, 0.4) is 0 Å². The molecule has 0 aliphatic carbocycles. The Labute approximate surface area is 204 Å². The first-order chi connectivity index (χ1) is 16.7. The number of rotatable bonds is 6. The second-order valence-corrected chi connectivity index (χ2v) is 9.87. The van der Waals surface area contributed by atoms with Crippen molar-refractivity contribution in [3.63, 3.8) is 0 Å². The number of nitrogens with zero attached hydrogens (tertiary/aromatic N) is 2. The van der Waals surface area contributed by atoms with Gasteiger partial charge in [-0.2, -0.15) is 0 Å². The minimum Gasteiger partial charge on any atom is -0.376 e. The Morgan fingerprint density at radius 3 is 2.29 bits per heavy atom. The molecule has 2 amide bonds. The standard InChI is InChI=1S/C27H29N3O3S/c31-25(28-18-22-12-7-17-33-22)20-13-15-30(16-14-20)27(32)24-23(19-8-3-1-4-9-19)29-26(34-24)21-10-5-2-6-11-21/h1-6,8-11,20,22H,7,12-18H2,(H,28,31)/t22-/m1/s1. The third kappa shape index (κ3) is 5.05. The topological polar surface area (TPSA) is 71.5 Å². The van der Waals surface area contributed by atoms with Gasteiger partial charge in [0.05, 0.1) is 11.8 Å². The van der Waals surface area contributed by atoms with Crippen LogP contribution in [-0.2, 0) is 9.53 Å². The summed E-state index contributed by atoms with van der Waals surface area (Å²) in [5.74, 6) is 0.0221. The number of carbonyl (C=O) groups excluding carboxylic acids is 2. The van der Waals surface area contributed by atoms with E-state index < -0.39 is 0 Å². The number of aromatic nitrogens is 1. The number of nitrogens with one attached hydrogen (secondary N) is 1. The molecule has 3 aromatic rings. The Bertz CT molecular complexity index is 1120. The van der Waals surface area contributed by atoms with Gasteiger partial charge < -0.3 is 15.0 Å². The van der Waals surface area contributed by atoms with Crippen molar-refractivity contribution < 1.29 is 14.3 Å². The summed E-state index contributed by atoms with van der Waals surface area (Å²) in [7, 11) is 0. The van der Waals surface area contributed by atoms with Crippen molar-refractivity contribution in [2.24, 2.45) is 5.92 Å². The fourth-order valence-electron chi connectivity index (χ4n) is 4.61. The molecular formula is C27H29N3O3S. The molecule has 2 aliphatic heterocycles. The molecule has 0 saturated carbocycles. The lowest BCUT2D eigenvalue weighted by atomic mass is 9.95. The van der Waals surface area contributed by atoms with Gasteiger partial charge in [-0.15, -0.1) is 11.3 Å². The van der Waals surface area contributed by atoms with Crippen LogP contribution in [0.5, 0.6) is 0 Å². The molecule has 2 aliphatic rings. The third-order valence-electron chi connectivity index (χ3n) is 6.57. The summed E-state index contributed by atoms with van der Waals surface area (Å²) in [5, 5.41) is 3.89. The average molecular weight is 476 g/mol. The Balaban J connectivity index is 1.29. The van der Waals surface area contributed by atoms with E-state index in [0.717, 1.165) is 41.3 Å². The molecule has 0 radical (unpaired) electrons. The molecule has 1 N–H and O–H groups in total. The molecule has 7 heteroatoms. The number of hydrogen-bond acceptors (Lipinski definition) is 5. The van der Waals surface area contributed by atoms with E-state index in [0.29, 0.717) is 37.4 Å². The van der Waals surface area contributed by atoms with E-state index >= 15 is 0 Å². The van der Waals surface area contributed by atoms with E-state index in [2.05, 4.69) is 5.32 Å².